The predicted octanol–water partition coefficient (Wildman–Crippen LogP) is 0.341. The maximum absolute atomic E-state index is 12.8. The fraction of sp³-hybridized carbons (Fsp3) is 0.833. The first kappa shape index (κ1) is 9.38. The standard InChI is InChI=1S/C6H8F3N5/c7-6(8,9)5(2-1-3-10-5)4-11-13-14-12-4/h10H,1-3H2,(H,11,12,13,14). The second kappa shape index (κ2) is 2.91. The molecule has 8 heteroatoms. The number of aromatic amines is 1. The van der Waals surface area contributed by atoms with E-state index in [1.807, 2.05) is 0 Å². The van der Waals surface area contributed by atoms with Crippen molar-refractivity contribution >= 4 is 0 Å². The largest absolute Gasteiger partial charge is 0.414 e. The summed E-state index contributed by atoms with van der Waals surface area (Å²) < 4.78 is 38.4. The molecule has 0 radical (unpaired) electrons. The number of H-pyrrole nitrogens is 1. The van der Waals surface area contributed by atoms with Crippen LogP contribution < -0.4 is 5.32 Å². The van der Waals surface area contributed by atoms with Gasteiger partial charge in [0.1, 0.15) is 0 Å². The summed E-state index contributed by atoms with van der Waals surface area (Å²) in [6.45, 7) is 0.314. The highest BCUT2D eigenvalue weighted by Gasteiger charge is 2.60. The number of nitrogens with one attached hydrogen (secondary N) is 2. The molecule has 0 aliphatic carbocycles. The minimum atomic E-state index is -4.40. The van der Waals surface area contributed by atoms with Crippen LogP contribution in [0.5, 0.6) is 0 Å². The number of nitrogens with zero attached hydrogens (tertiary/aromatic N) is 3. The number of aromatic nitrogens is 4. The molecule has 1 aliphatic heterocycles. The summed E-state index contributed by atoms with van der Waals surface area (Å²) in [6.07, 6.45) is -3.99. The van der Waals surface area contributed by atoms with Crippen molar-refractivity contribution in [1.82, 2.24) is 25.9 Å². The number of alkyl halides is 3. The van der Waals surface area contributed by atoms with Gasteiger partial charge in [-0.3, -0.25) is 5.32 Å². The van der Waals surface area contributed by atoms with E-state index < -0.39 is 11.7 Å². The molecule has 0 amide bonds. The Morgan fingerprint density at radius 1 is 1.36 bits per heavy atom. The minimum Gasteiger partial charge on any atom is -0.297 e. The van der Waals surface area contributed by atoms with Crippen molar-refractivity contribution in [2.75, 3.05) is 6.54 Å². The van der Waals surface area contributed by atoms with Gasteiger partial charge in [0, 0.05) is 0 Å². The van der Waals surface area contributed by atoms with E-state index in [1.165, 1.54) is 0 Å². The first-order valence-electron chi connectivity index (χ1n) is 4.12. The summed E-state index contributed by atoms with van der Waals surface area (Å²) in [5.74, 6) is -0.331. The molecule has 0 saturated carbocycles. The first-order valence-corrected chi connectivity index (χ1v) is 4.12. The van der Waals surface area contributed by atoms with Crippen molar-refractivity contribution in [3.63, 3.8) is 0 Å². The van der Waals surface area contributed by atoms with Crippen molar-refractivity contribution in [2.24, 2.45) is 0 Å². The van der Waals surface area contributed by atoms with Crippen LogP contribution in [-0.2, 0) is 5.54 Å². The molecule has 1 fully saturated rings. The van der Waals surface area contributed by atoms with Gasteiger partial charge in [0.25, 0.3) is 0 Å². The summed E-state index contributed by atoms with van der Waals surface area (Å²) in [5, 5.41) is 14.4. The van der Waals surface area contributed by atoms with Crippen LogP contribution in [0.3, 0.4) is 0 Å². The Balaban J connectivity index is 2.42. The second-order valence-electron chi connectivity index (χ2n) is 3.17. The number of rotatable bonds is 1. The SMILES string of the molecule is FC(F)(F)C1(c2nn[nH]n2)CCCN1. The predicted molar refractivity (Wildman–Crippen MR) is 39.1 cm³/mol. The Kier molecular flexibility index (Phi) is 1.95. The highest BCUT2D eigenvalue weighted by atomic mass is 19.4. The van der Waals surface area contributed by atoms with Crippen LogP contribution in [0, 0.1) is 0 Å². The molecular formula is C6H8F3N5. The Labute approximate surface area is 77.1 Å². The fourth-order valence-corrected chi connectivity index (χ4v) is 1.65. The van der Waals surface area contributed by atoms with E-state index in [0.29, 0.717) is 13.0 Å². The van der Waals surface area contributed by atoms with Gasteiger partial charge >= 0.3 is 6.18 Å². The number of tetrazole rings is 1. The number of hydrogen-bond acceptors (Lipinski definition) is 4. The maximum atomic E-state index is 12.8. The fourth-order valence-electron chi connectivity index (χ4n) is 1.65. The summed E-state index contributed by atoms with van der Waals surface area (Å²) in [5.41, 5.74) is -2.11. The third-order valence-corrected chi connectivity index (χ3v) is 2.37. The van der Waals surface area contributed by atoms with Gasteiger partial charge in [-0.05, 0) is 19.4 Å². The molecule has 0 spiro atoms. The molecule has 1 saturated heterocycles. The van der Waals surface area contributed by atoms with Crippen molar-refractivity contribution in [3.05, 3.63) is 5.82 Å². The zero-order valence-corrected chi connectivity index (χ0v) is 7.10. The Morgan fingerprint density at radius 3 is 2.57 bits per heavy atom. The molecule has 2 rings (SSSR count). The molecule has 0 bridgehead atoms. The lowest BCUT2D eigenvalue weighted by Crippen LogP contribution is -2.50. The van der Waals surface area contributed by atoms with E-state index >= 15 is 0 Å². The second-order valence-corrected chi connectivity index (χ2v) is 3.17. The lowest BCUT2D eigenvalue weighted by Gasteiger charge is -2.28. The van der Waals surface area contributed by atoms with Gasteiger partial charge in [-0.1, -0.05) is 5.21 Å². The van der Waals surface area contributed by atoms with Crippen LogP contribution in [0.25, 0.3) is 0 Å². The number of hydrogen-bond donors (Lipinski definition) is 2. The summed E-state index contributed by atoms with van der Waals surface area (Å²) in [7, 11) is 0. The van der Waals surface area contributed by atoms with Gasteiger partial charge in [0.15, 0.2) is 5.54 Å². The maximum Gasteiger partial charge on any atom is 0.414 e. The molecule has 2 N–H and O–H groups in total. The van der Waals surface area contributed by atoms with E-state index in [1.54, 1.807) is 0 Å². The van der Waals surface area contributed by atoms with E-state index in [0.717, 1.165) is 0 Å². The van der Waals surface area contributed by atoms with Crippen LogP contribution >= 0.6 is 0 Å². The molecule has 1 aromatic heterocycles. The van der Waals surface area contributed by atoms with Crippen LogP contribution in [0.1, 0.15) is 18.7 Å². The lowest BCUT2D eigenvalue weighted by atomic mass is 9.96. The van der Waals surface area contributed by atoms with Crippen molar-refractivity contribution in [1.29, 1.82) is 0 Å². The summed E-state index contributed by atoms with van der Waals surface area (Å²) in [4.78, 5) is 0. The van der Waals surface area contributed by atoms with Crippen LogP contribution in [0.4, 0.5) is 13.2 Å². The van der Waals surface area contributed by atoms with Crippen LogP contribution in [0.15, 0.2) is 0 Å². The Hall–Kier alpha value is -1.18. The molecule has 0 aromatic carbocycles. The van der Waals surface area contributed by atoms with Crippen molar-refractivity contribution in [2.45, 2.75) is 24.6 Å². The van der Waals surface area contributed by atoms with Gasteiger partial charge in [-0.2, -0.15) is 18.4 Å². The minimum absolute atomic E-state index is 0.0456. The van der Waals surface area contributed by atoms with Gasteiger partial charge in [-0.15, -0.1) is 10.2 Å². The normalized spacial score (nSPS) is 28.2. The topological polar surface area (TPSA) is 66.5 Å². The van der Waals surface area contributed by atoms with E-state index in [2.05, 4.69) is 25.9 Å². The van der Waals surface area contributed by atoms with Crippen molar-refractivity contribution < 1.29 is 13.2 Å². The van der Waals surface area contributed by atoms with Crippen LogP contribution in [-0.4, -0.2) is 33.3 Å². The molecule has 2 heterocycles. The highest BCUT2D eigenvalue weighted by Crippen LogP contribution is 2.42. The highest BCUT2D eigenvalue weighted by molar-refractivity contribution is 5.10. The molecule has 1 unspecified atom stereocenters. The molecule has 14 heavy (non-hydrogen) atoms. The third kappa shape index (κ3) is 1.17. The van der Waals surface area contributed by atoms with E-state index in [9.17, 15) is 13.2 Å². The molecule has 1 atom stereocenters. The summed E-state index contributed by atoms with van der Waals surface area (Å²) >= 11 is 0. The van der Waals surface area contributed by atoms with Crippen LogP contribution in [0.2, 0.25) is 0 Å². The van der Waals surface area contributed by atoms with Gasteiger partial charge < -0.3 is 0 Å². The summed E-state index contributed by atoms with van der Waals surface area (Å²) in [6, 6.07) is 0. The number of halogens is 3. The Morgan fingerprint density at radius 2 is 2.14 bits per heavy atom. The molecule has 1 aromatic rings. The first-order chi connectivity index (χ1) is 6.56. The smallest absolute Gasteiger partial charge is 0.297 e. The van der Waals surface area contributed by atoms with Gasteiger partial charge in [0.2, 0.25) is 5.82 Å². The van der Waals surface area contributed by atoms with E-state index in [-0.39, 0.29) is 12.2 Å². The van der Waals surface area contributed by atoms with Gasteiger partial charge in [0.05, 0.1) is 0 Å². The molecule has 78 valence electrons. The molecular weight excluding hydrogens is 199 g/mol. The molecule has 5 nitrogen and oxygen atoms in total. The quantitative estimate of drug-likeness (QED) is 0.696. The van der Waals surface area contributed by atoms with Gasteiger partial charge in [-0.25, -0.2) is 0 Å². The van der Waals surface area contributed by atoms with Crippen molar-refractivity contribution in [3.8, 4) is 0 Å². The lowest BCUT2D eigenvalue weighted by molar-refractivity contribution is -0.198. The average molecular weight is 207 g/mol. The third-order valence-electron chi connectivity index (χ3n) is 2.37. The zero-order chi connectivity index (χ0) is 10.2. The van der Waals surface area contributed by atoms with E-state index in [4.69, 9.17) is 0 Å². The average Bonchev–Trinajstić information content (AvgIpc) is 2.74. The molecule has 1 aliphatic rings. The monoisotopic (exact) mass is 207 g/mol. The Bertz CT molecular complexity index is 300. The zero-order valence-electron chi connectivity index (χ0n) is 7.10.